The van der Waals surface area contributed by atoms with Gasteiger partial charge in [0.25, 0.3) is 0 Å². The second kappa shape index (κ2) is 7.72. The molecule has 20 heavy (non-hydrogen) atoms. The van der Waals surface area contributed by atoms with Crippen molar-refractivity contribution in [3.63, 3.8) is 0 Å². The van der Waals surface area contributed by atoms with Crippen LogP contribution in [0.2, 0.25) is 0 Å². The third-order valence-electron chi connectivity index (χ3n) is 3.54. The number of nitrogens with zero attached hydrogens (tertiary/aromatic N) is 1. The number of amides is 1. The van der Waals surface area contributed by atoms with Crippen molar-refractivity contribution in [2.75, 3.05) is 19.6 Å². The number of piperidine rings is 1. The van der Waals surface area contributed by atoms with Gasteiger partial charge >= 0.3 is 0 Å². The molecule has 3 nitrogen and oxygen atoms in total. The summed E-state index contributed by atoms with van der Waals surface area (Å²) in [6, 6.07) is 9.73. The van der Waals surface area contributed by atoms with Gasteiger partial charge in [-0.15, -0.1) is 0 Å². The van der Waals surface area contributed by atoms with Crippen LogP contribution in [-0.2, 0) is 4.79 Å². The van der Waals surface area contributed by atoms with E-state index in [1.807, 2.05) is 42.2 Å². The zero-order valence-corrected chi connectivity index (χ0v) is 12.1. The fraction of sp³-hybridized carbons (Fsp3) is 0.471. The van der Waals surface area contributed by atoms with Gasteiger partial charge < -0.3 is 4.90 Å². The van der Waals surface area contributed by atoms with Crippen LogP contribution < -0.4 is 5.32 Å². The van der Waals surface area contributed by atoms with Crippen molar-refractivity contribution in [1.82, 2.24) is 10.2 Å². The van der Waals surface area contributed by atoms with Gasteiger partial charge in [0.05, 0.1) is 12.6 Å². The summed E-state index contributed by atoms with van der Waals surface area (Å²) in [4.78, 5) is 14.1. The van der Waals surface area contributed by atoms with Crippen molar-refractivity contribution in [2.24, 2.45) is 0 Å². The van der Waals surface area contributed by atoms with Crippen molar-refractivity contribution in [3.8, 4) is 11.8 Å². The lowest BCUT2D eigenvalue weighted by Gasteiger charge is -2.29. The molecular formula is C17H22N2O. The summed E-state index contributed by atoms with van der Waals surface area (Å²) in [5.41, 5.74) is 1.00. The number of hydrogen-bond donors (Lipinski definition) is 1. The van der Waals surface area contributed by atoms with Gasteiger partial charge in [-0.2, -0.15) is 0 Å². The Morgan fingerprint density at radius 1 is 1.25 bits per heavy atom. The molecule has 1 aliphatic heterocycles. The first kappa shape index (κ1) is 14.6. The summed E-state index contributed by atoms with van der Waals surface area (Å²) < 4.78 is 0. The zero-order valence-electron chi connectivity index (χ0n) is 12.1. The van der Waals surface area contributed by atoms with Gasteiger partial charge in [-0.05, 0) is 38.3 Å². The highest BCUT2D eigenvalue weighted by Crippen LogP contribution is 2.09. The lowest BCUT2D eigenvalue weighted by molar-refractivity contribution is -0.133. The van der Waals surface area contributed by atoms with Crippen LogP contribution in [-0.4, -0.2) is 36.5 Å². The monoisotopic (exact) mass is 270 g/mol. The Hall–Kier alpha value is -1.79. The average Bonchev–Trinajstić information content (AvgIpc) is 2.52. The van der Waals surface area contributed by atoms with Crippen LogP contribution in [0.15, 0.2) is 30.3 Å². The van der Waals surface area contributed by atoms with Crippen LogP contribution in [0.1, 0.15) is 31.7 Å². The minimum atomic E-state index is -0.154. The standard InChI is InChI=1S/C17H22N2O/c1-15(17(20)19-13-6-3-7-14-19)18-12-8-11-16-9-4-2-5-10-16/h2,4-5,9-10,15,18H,3,6-7,12-14H2,1H3. The van der Waals surface area contributed by atoms with E-state index in [1.165, 1.54) is 6.42 Å². The number of nitrogens with one attached hydrogen (secondary N) is 1. The maximum absolute atomic E-state index is 12.2. The molecule has 3 heteroatoms. The van der Waals surface area contributed by atoms with Gasteiger partial charge in [0.2, 0.25) is 5.91 Å². The summed E-state index contributed by atoms with van der Waals surface area (Å²) in [6.07, 6.45) is 3.51. The van der Waals surface area contributed by atoms with Crippen molar-refractivity contribution in [1.29, 1.82) is 0 Å². The van der Waals surface area contributed by atoms with E-state index in [4.69, 9.17) is 0 Å². The quantitative estimate of drug-likeness (QED) is 0.852. The summed E-state index contributed by atoms with van der Waals surface area (Å²) in [5, 5.41) is 3.19. The molecule has 1 heterocycles. The number of carbonyl (C=O) groups excluding carboxylic acids is 1. The molecule has 2 rings (SSSR count). The van der Waals surface area contributed by atoms with Gasteiger partial charge in [0, 0.05) is 18.7 Å². The van der Waals surface area contributed by atoms with Crippen LogP contribution in [0.25, 0.3) is 0 Å². The van der Waals surface area contributed by atoms with Crippen LogP contribution in [0.5, 0.6) is 0 Å². The van der Waals surface area contributed by atoms with Gasteiger partial charge in [-0.3, -0.25) is 10.1 Å². The molecule has 1 saturated heterocycles. The number of rotatable bonds is 3. The zero-order chi connectivity index (χ0) is 14.2. The third-order valence-corrected chi connectivity index (χ3v) is 3.54. The average molecular weight is 270 g/mol. The second-order valence-corrected chi connectivity index (χ2v) is 5.16. The van der Waals surface area contributed by atoms with Crippen molar-refractivity contribution >= 4 is 5.91 Å². The van der Waals surface area contributed by atoms with Crippen molar-refractivity contribution in [2.45, 2.75) is 32.2 Å². The van der Waals surface area contributed by atoms with Crippen LogP contribution in [0, 0.1) is 11.8 Å². The number of benzene rings is 1. The molecule has 1 fully saturated rings. The highest BCUT2D eigenvalue weighted by molar-refractivity contribution is 5.81. The summed E-state index contributed by atoms with van der Waals surface area (Å²) in [6.45, 7) is 4.26. The minimum Gasteiger partial charge on any atom is -0.341 e. The molecule has 0 aromatic heterocycles. The van der Waals surface area contributed by atoms with E-state index in [9.17, 15) is 4.79 Å². The van der Waals surface area contributed by atoms with Crippen LogP contribution >= 0.6 is 0 Å². The number of likely N-dealkylation sites (tertiary alicyclic amines) is 1. The molecule has 0 radical (unpaired) electrons. The van der Waals surface area contributed by atoms with Gasteiger partial charge in [-0.25, -0.2) is 0 Å². The normalized spacial score (nSPS) is 16.1. The molecule has 106 valence electrons. The lowest BCUT2D eigenvalue weighted by atomic mass is 10.1. The fourth-order valence-corrected chi connectivity index (χ4v) is 2.35. The molecule has 1 N–H and O–H groups in total. The third kappa shape index (κ3) is 4.40. The summed E-state index contributed by atoms with van der Waals surface area (Å²) in [5.74, 6) is 6.34. The van der Waals surface area contributed by atoms with Crippen LogP contribution in [0.4, 0.5) is 0 Å². The second-order valence-electron chi connectivity index (χ2n) is 5.16. The fourth-order valence-electron chi connectivity index (χ4n) is 2.35. The highest BCUT2D eigenvalue weighted by atomic mass is 16.2. The molecule has 0 spiro atoms. The highest BCUT2D eigenvalue weighted by Gasteiger charge is 2.21. The molecule has 1 amide bonds. The molecule has 1 aliphatic rings. The SMILES string of the molecule is CC(NCC#Cc1ccccc1)C(=O)N1CCCCC1. The predicted molar refractivity (Wildman–Crippen MR) is 81.2 cm³/mol. The first-order valence-corrected chi connectivity index (χ1v) is 7.33. The van der Waals surface area contributed by atoms with Crippen molar-refractivity contribution in [3.05, 3.63) is 35.9 Å². The van der Waals surface area contributed by atoms with Gasteiger partial charge in [0.1, 0.15) is 0 Å². The largest absolute Gasteiger partial charge is 0.341 e. The summed E-state index contributed by atoms with van der Waals surface area (Å²) in [7, 11) is 0. The van der Waals surface area contributed by atoms with E-state index in [0.29, 0.717) is 6.54 Å². The molecule has 0 saturated carbocycles. The Bertz CT molecular complexity index is 481. The lowest BCUT2D eigenvalue weighted by Crippen LogP contribution is -2.46. The Kier molecular flexibility index (Phi) is 5.64. The Labute approximate surface area is 121 Å². The molecule has 0 bridgehead atoms. The van der Waals surface area contributed by atoms with E-state index in [1.54, 1.807) is 0 Å². The Balaban J connectivity index is 1.76. The van der Waals surface area contributed by atoms with E-state index in [-0.39, 0.29) is 11.9 Å². The van der Waals surface area contributed by atoms with E-state index >= 15 is 0 Å². The van der Waals surface area contributed by atoms with E-state index in [0.717, 1.165) is 31.5 Å². The van der Waals surface area contributed by atoms with Crippen LogP contribution in [0.3, 0.4) is 0 Å². The smallest absolute Gasteiger partial charge is 0.239 e. The molecule has 1 atom stereocenters. The number of carbonyl (C=O) groups is 1. The van der Waals surface area contributed by atoms with E-state index < -0.39 is 0 Å². The first-order chi connectivity index (χ1) is 9.77. The first-order valence-electron chi connectivity index (χ1n) is 7.33. The van der Waals surface area contributed by atoms with Gasteiger partial charge in [-0.1, -0.05) is 30.0 Å². The van der Waals surface area contributed by atoms with Gasteiger partial charge in [0.15, 0.2) is 0 Å². The topological polar surface area (TPSA) is 32.3 Å². The molecule has 1 aromatic rings. The maximum atomic E-state index is 12.2. The molecular weight excluding hydrogens is 248 g/mol. The predicted octanol–water partition coefficient (Wildman–Crippen LogP) is 2.03. The van der Waals surface area contributed by atoms with E-state index in [2.05, 4.69) is 17.2 Å². The molecule has 0 aliphatic carbocycles. The minimum absolute atomic E-state index is 0.154. The van der Waals surface area contributed by atoms with Crippen molar-refractivity contribution < 1.29 is 4.79 Å². The Morgan fingerprint density at radius 3 is 2.65 bits per heavy atom. The maximum Gasteiger partial charge on any atom is 0.239 e. The molecule has 1 aromatic carbocycles. The Morgan fingerprint density at radius 2 is 1.95 bits per heavy atom. The number of hydrogen-bond acceptors (Lipinski definition) is 2. The summed E-state index contributed by atoms with van der Waals surface area (Å²) >= 11 is 0. The molecule has 1 unspecified atom stereocenters.